The summed E-state index contributed by atoms with van der Waals surface area (Å²) in [6.45, 7) is 2.01. The molecule has 1 aromatic carbocycles. The van der Waals surface area contributed by atoms with Crippen LogP contribution in [0.3, 0.4) is 0 Å². The summed E-state index contributed by atoms with van der Waals surface area (Å²) in [5.41, 5.74) is 1.08. The zero-order valence-corrected chi connectivity index (χ0v) is 10.3. The minimum atomic E-state index is -1.45. The van der Waals surface area contributed by atoms with Crippen molar-refractivity contribution in [3.8, 4) is 6.07 Å². The minimum Gasteiger partial charge on any atom is -0.246 e. The molecular weight excluding hydrogens is 239 g/mol. The van der Waals surface area contributed by atoms with E-state index in [0.29, 0.717) is 4.90 Å². The largest absolute Gasteiger partial charge is 0.246 e. The first-order chi connectivity index (χ1) is 8.11. The molecule has 0 aromatic heterocycles. The van der Waals surface area contributed by atoms with E-state index in [0.717, 1.165) is 5.56 Å². The highest BCUT2D eigenvalue weighted by Crippen LogP contribution is 2.24. The molecule has 0 bridgehead atoms. The molecule has 90 valence electrons. The first kappa shape index (κ1) is 12.2. The molecule has 0 amide bonds. The van der Waals surface area contributed by atoms with Gasteiger partial charge in [0.15, 0.2) is 0 Å². The fraction of sp³-hybridized carbons (Fsp3) is 0.417. The van der Waals surface area contributed by atoms with E-state index in [4.69, 9.17) is 5.26 Å². The highest BCUT2D eigenvalue weighted by atomic mass is 32.2. The maximum absolute atomic E-state index is 13.2. The molecule has 3 nitrogen and oxygen atoms in total. The van der Waals surface area contributed by atoms with E-state index in [9.17, 15) is 8.60 Å². The van der Waals surface area contributed by atoms with Crippen LogP contribution in [0.25, 0.3) is 0 Å². The zero-order chi connectivity index (χ0) is 12.4. The van der Waals surface area contributed by atoms with Gasteiger partial charge in [0.1, 0.15) is 23.2 Å². The van der Waals surface area contributed by atoms with Crippen LogP contribution >= 0.6 is 0 Å². The van der Waals surface area contributed by atoms with Gasteiger partial charge < -0.3 is 0 Å². The maximum Gasteiger partial charge on any atom is 0.128 e. The third-order valence-electron chi connectivity index (χ3n) is 2.79. The second-order valence-corrected chi connectivity index (χ2v) is 5.58. The molecular formula is C12H13FN2OS. The summed E-state index contributed by atoms with van der Waals surface area (Å²) >= 11 is 0. The number of hydrogen-bond donors (Lipinski definition) is 0. The van der Waals surface area contributed by atoms with Crippen LogP contribution in [-0.2, 0) is 11.0 Å². The summed E-state index contributed by atoms with van der Waals surface area (Å²) in [5.74, 6) is 0. The molecule has 1 aromatic rings. The Morgan fingerprint density at radius 2 is 2.12 bits per heavy atom. The van der Waals surface area contributed by atoms with E-state index in [1.807, 2.05) is 25.1 Å². The molecule has 0 aliphatic carbocycles. The molecule has 0 saturated carbocycles. The van der Waals surface area contributed by atoms with Crippen molar-refractivity contribution in [1.29, 1.82) is 5.26 Å². The van der Waals surface area contributed by atoms with Crippen LogP contribution < -0.4 is 0 Å². The molecule has 1 heterocycles. The molecule has 17 heavy (non-hydrogen) atoms. The minimum absolute atomic E-state index is 0.0682. The predicted molar refractivity (Wildman–Crippen MR) is 63.2 cm³/mol. The van der Waals surface area contributed by atoms with E-state index in [-0.39, 0.29) is 13.0 Å². The smallest absolute Gasteiger partial charge is 0.128 e. The zero-order valence-electron chi connectivity index (χ0n) is 9.47. The molecule has 0 N–H and O–H groups in total. The van der Waals surface area contributed by atoms with Gasteiger partial charge in [-0.25, -0.2) is 12.9 Å². The highest BCUT2D eigenvalue weighted by Gasteiger charge is 2.36. The molecule has 5 heteroatoms. The third-order valence-corrected chi connectivity index (χ3v) is 4.29. The Hall–Kier alpha value is -1.25. The molecule has 1 fully saturated rings. The van der Waals surface area contributed by atoms with Gasteiger partial charge in [-0.2, -0.15) is 5.26 Å². The number of nitrogens with zero attached hydrogens (tertiary/aromatic N) is 2. The van der Waals surface area contributed by atoms with Crippen LogP contribution in [0.1, 0.15) is 12.0 Å². The van der Waals surface area contributed by atoms with Gasteiger partial charge >= 0.3 is 0 Å². The van der Waals surface area contributed by atoms with E-state index < -0.39 is 23.2 Å². The molecule has 3 atom stereocenters. The Balaban J connectivity index is 2.20. The molecule has 1 saturated heterocycles. The second kappa shape index (κ2) is 4.94. The summed E-state index contributed by atoms with van der Waals surface area (Å²) in [4.78, 5) is 0.616. The second-order valence-electron chi connectivity index (χ2n) is 4.14. The van der Waals surface area contributed by atoms with Crippen molar-refractivity contribution in [2.24, 2.45) is 0 Å². The number of nitriles is 1. The molecule has 1 aliphatic rings. The van der Waals surface area contributed by atoms with Crippen LogP contribution in [0.15, 0.2) is 29.2 Å². The summed E-state index contributed by atoms with van der Waals surface area (Å²) in [5, 5.41) is 8.90. The topological polar surface area (TPSA) is 44.1 Å². The van der Waals surface area contributed by atoms with Gasteiger partial charge in [-0.05, 0) is 19.1 Å². The molecule has 1 aliphatic heterocycles. The first-order valence-electron chi connectivity index (χ1n) is 5.40. The van der Waals surface area contributed by atoms with Crippen LogP contribution in [0.2, 0.25) is 0 Å². The average Bonchev–Trinajstić information content (AvgIpc) is 2.70. The van der Waals surface area contributed by atoms with E-state index in [1.165, 1.54) is 4.31 Å². The van der Waals surface area contributed by atoms with Gasteiger partial charge in [0.25, 0.3) is 0 Å². The Morgan fingerprint density at radius 1 is 1.47 bits per heavy atom. The van der Waals surface area contributed by atoms with Gasteiger partial charge in [-0.3, -0.25) is 0 Å². The van der Waals surface area contributed by atoms with Crippen molar-refractivity contribution >= 4 is 11.0 Å². The van der Waals surface area contributed by atoms with Crippen molar-refractivity contribution < 1.29 is 8.60 Å². The summed E-state index contributed by atoms with van der Waals surface area (Å²) in [6, 6.07) is 8.64. The number of benzene rings is 1. The van der Waals surface area contributed by atoms with Gasteiger partial charge in [-0.15, -0.1) is 0 Å². The Labute approximate surface area is 102 Å². The van der Waals surface area contributed by atoms with Crippen molar-refractivity contribution in [3.63, 3.8) is 0 Å². The van der Waals surface area contributed by atoms with Gasteiger partial charge in [-0.1, -0.05) is 17.7 Å². The van der Waals surface area contributed by atoms with Crippen molar-refractivity contribution in [1.82, 2.24) is 4.31 Å². The number of aryl methyl sites for hydroxylation is 1. The maximum atomic E-state index is 13.2. The first-order valence-corrected chi connectivity index (χ1v) is 6.51. The van der Waals surface area contributed by atoms with Crippen LogP contribution in [0.4, 0.5) is 4.39 Å². The molecule has 2 rings (SSSR count). The van der Waals surface area contributed by atoms with Crippen molar-refractivity contribution in [2.75, 3.05) is 6.54 Å². The lowest BCUT2D eigenvalue weighted by molar-refractivity contribution is 0.347. The average molecular weight is 252 g/mol. The normalized spacial score (nSPS) is 26.6. The molecule has 3 unspecified atom stereocenters. The van der Waals surface area contributed by atoms with E-state index in [2.05, 4.69) is 0 Å². The lowest BCUT2D eigenvalue weighted by Crippen LogP contribution is -2.30. The summed E-state index contributed by atoms with van der Waals surface area (Å²) in [7, 11) is -1.45. The number of hydrogen-bond acceptors (Lipinski definition) is 2. The van der Waals surface area contributed by atoms with Gasteiger partial charge in [0, 0.05) is 13.0 Å². The quantitative estimate of drug-likeness (QED) is 0.807. The number of halogens is 1. The SMILES string of the molecule is Cc1ccc(S(=O)N2CC(F)CC2C#N)cc1. The van der Waals surface area contributed by atoms with Crippen molar-refractivity contribution in [3.05, 3.63) is 29.8 Å². The summed E-state index contributed by atoms with van der Waals surface area (Å²) in [6.07, 6.45) is -0.914. The van der Waals surface area contributed by atoms with E-state index in [1.54, 1.807) is 12.1 Å². The number of rotatable bonds is 2. The Bertz CT molecular complexity index is 468. The third kappa shape index (κ3) is 2.54. The highest BCUT2D eigenvalue weighted by molar-refractivity contribution is 7.82. The monoisotopic (exact) mass is 252 g/mol. The van der Waals surface area contributed by atoms with Gasteiger partial charge in [0.2, 0.25) is 0 Å². The molecule has 0 spiro atoms. The van der Waals surface area contributed by atoms with Crippen molar-refractivity contribution in [2.45, 2.75) is 30.5 Å². The lowest BCUT2D eigenvalue weighted by Gasteiger charge is -2.17. The van der Waals surface area contributed by atoms with Crippen LogP contribution in [0, 0.1) is 18.3 Å². The fourth-order valence-corrected chi connectivity index (χ4v) is 3.15. The van der Waals surface area contributed by atoms with Crippen LogP contribution in [0.5, 0.6) is 0 Å². The lowest BCUT2D eigenvalue weighted by atomic mass is 10.2. The van der Waals surface area contributed by atoms with E-state index >= 15 is 0 Å². The fourth-order valence-electron chi connectivity index (χ4n) is 1.85. The molecule has 0 radical (unpaired) electrons. The standard InChI is InChI=1S/C12H13FN2OS/c1-9-2-4-12(5-3-9)17(16)15-8-10(13)6-11(15)7-14/h2-5,10-11H,6,8H2,1H3. The number of alkyl halides is 1. The predicted octanol–water partition coefficient (Wildman–Crippen LogP) is 1.95. The Morgan fingerprint density at radius 3 is 2.71 bits per heavy atom. The van der Waals surface area contributed by atoms with Gasteiger partial charge in [0.05, 0.1) is 11.0 Å². The van der Waals surface area contributed by atoms with Crippen LogP contribution in [-0.4, -0.2) is 27.3 Å². The Kier molecular flexibility index (Phi) is 3.55. The summed E-state index contributed by atoms with van der Waals surface area (Å²) < 4.78 is 26.8.